The summed E-state index contributed by atoms with van der Waals surface area (Å²) in [5.41, 5.74) is 1.91. The largest absolute Gasteiger partial charge is 0.392 e. The molecule has 0 aromatic heterocycles. The first-order chi connectivity index (χ1) is 7.77. The van der Waals surface area contributed by atoms with Crippen LogP contribution in [0.1, 0.15) is 22.8 Å². The molecule has 0 fully saturated rings. The minimum Gasteiger partial charge on any atom is -0.392 e. The molecule has 0 aliphatic heterocycles. The van der Waals surface area contributed by atoms with Gasteiger partial charge in [-0.3, -0.25) is 4.79 Å². The molecule has 2 nitrogen and oxygen atoms in total. The van der Waals surface area contributed by atoms with E-state index in [9.17, 15) is 4.79 Å². The Balaban J connectivity index is 2.66. The van der Waals surface area contributed by atoms with Gasteiger partial charge in [0.15, 0.2) is 5.78 Å². The van der Waals surface area contributed by atoms with Crippen molar-refractivity contribution in [3.05, 3.63) is 59.7 Å². The van der Waals surface area contributed by atoms with Gasteiger partial charge < -0.3 is 5.11 Å². The Labute approximate surface area is 95.9 Å². The van der Waals surface area contributed by atoms with E-state index in [1.54, 1.807) is 18.2 Å². The highest BCUT2D eigenvalue weighted by atomic mass is 16.2. The number of carbonyl (C=O) groups excluding carboxylic acids is 1. The van der Waals surface area contributed by atoms with Gasteiger partial charge in [-0.1, -0.05) is 49.4 Å². The van der Waals surface area contributed by atoms with Crippen LogP contribution < -0.4 is 0 Å². The van der Waals surface area contributed by atoms with Crippen LogP contribution in [0.5, 0.6) is 0 Å². The van der Waals surface area contributed by atoms with Crippen LogP contribution in [0, 0.1) is 0 Å². The quantitative estimate of drug-likeness (QED) is 0.466. The molecule has 0 spiro atoms. The van der Waals surface area contributed by atoms with E-state index in [1.165, 1.54) is 11.6 Å². The maximum atomic E-state index is 11.6. The van der Waals surface area contributed by atoms with Gasteiger partial charge in [0.1, 0.15) is 0 Å². The van der Waals surface area contributed by atoms with Gasteiger partial charge in [0, 0.05) is 5.56 Å². The normalized spacial score (nSPS) is 11.4. The number of allylic oxidation sites excluding steroid dienone is 3. The first-order valence-corrected chi connectivity index (χ1v) is 5.35. The molecule has 0 heterocycles. The molecule has 2 heteroatoms. The Bertz CT molecular complexity index is 386. The second-order valence-electron chi connectivity index (χ2n) is 3.38. The van der Waals surface area contributed by atoms with Crippen molar-refractivity contribution >= 4 is 5.78 Å². The second kappa shape index (κ2) is 6.75. The highest BCUT2D eigenvalue weighted by Gasteiger charge is 1.99. The Hall–Kier alpha value is -1.67. The molecule has 84 valence electrons. The molecular formula is C14H16O2. The number of carbonyl (C=O) groups is 1. The number of ketones is 1. The minimum atomic E-state index is -0.0229. The smallest absolute Gasteiger partial charge is 0.185 e. The number of aryl methyl sites for hydroxylation is 1. The van der Waals surface area contributed by atoms with E-state index in [4.69, 9.17) is 5.11 Å². The van der Waals surface area contributed by atoms with Crippen molar-refractivity contribution in [2.75, 3.05) is 6.61 Å². The topological polar surface area (TPSA) is 37.3 Å². The lowest BCUT2D eigenvalue weighted by Crippen LogP contribution is -1.94. The Morgan fingerprint density at radius 1 is 1.25 bits per heavy atom. The molecule has 0 aliphatic carbocycles. The molecule has 0 saturated heterocycles. The fraction of sp³-hybridized carbons (Fsp3) is 0.214. The number of benzene rings is 1. The van der Waals surface area contributed by atoms with Gasteiger partial charge in [-0.25, -0.2) is 0 Å². The number of hydrogen-bond donors (Lipinski definition) is 1. The van der Waals surface area contributed by atoms with E-state index in [2.05, 4.69) is 6.92 Å². The number of rotatable bonds is 5. The SMILES string of the molecule is CCc1ccc(C(=O)/C=C/C=C/CO)cc1. The lowest BCUT2D eigenvalue weighted by Gasteiger charge is -1.98. The standard InChI is InChI=1S/C14H16O2/c1-2-12-7-9-13(10-8-12)14(16)6-4-3-5-11-15/h3-10,15H,2,11H2,1H3/b5-3+,6-4+. The van der Waals surface area contributed by atoms with Gasteiger partial charge in [0.25, 0.3) is 0 Å². The average molecular weight is 216 g/mol. The first-order valence-electron chi connectivity index (χ1n) is 5.35. The van der Waals surface area contributed by atoms with Crippen molar-refractivity contribution < 1.29 is 9.90 Å². The van der Waals surface area contributed by atoms with E-state index in [0.717, 1.165) is 6.42 Å². The Morgan fingerprint density at radius 2 is 1.94 bits per heavy atom. The van der Waals surface area contributed by atoms with Crippen molar-refractivity contribution in [1.29, 1.82) is 0 Å². The van der Waals surface area contributed by atoms with E-state index < -0.39 is 0 Å². The molecule has 1 aromatic rings. The molecule has 1 aromatic carbocycles. The van der Waals surface area contributed by atoms with Crippen LogP contribution >= 0.6 is 0 Å². The van der Waals surface area contributed by atoms with Crippen molar-refractivity contribution in [3.63, 3.8) is 0 Å². The van der Waals surface area contributed by atoms with Crippen LogP contribution in [0.15, 0.2) is 48.6 Å². The summed E-state index contributed by atoms with van der Waals surface area (Å²) >= 11 is 0. The van der Waals surface area contributed by atoms with Crippen LogP contribution in [0.4, 0.5) is 0 Å². The average Bonchev–Trinajstić information content (AvgIpc) is 2.34. The summed E-state index contributed by atoms with van der Waals surface area (Å²) in [6.45, 7) is 2.07. The van der Waals surface area contributed by atoms with Crippen molar-refractivity contribution in [2.24, 2.45) is 0 Å². The van der Waals surface area contributed by atoms with Gasteiger partial charge in [-0.15, -0.1) is 0 Å². The molecule has 0 atom stereocenters. The molecule has 16 heavy (non-hydrogen) atoms. The summed E-state index contributed by atoms with van der Waals surface area (Å²) in [4.78, 5) is 11.6. The lowest BCUT2D eigenvalue weighted by atomic mass is 10.1. The van der Waals surface area contributed by atoms with Gasteiger partial charge in [-0.05, 0) is 18.1 Å². The highest BCUT2D eigenvalue weighted by Crippen LogP contribution is 2.06. The number of aliphatic hydroxyl groups excluding tert-OH is 1. The molecule has 0 amide bonds. The zero-order valence-electron chi connectivity index (χ0n) is 9.39. The molecule has 0 radical (unpaired) electrons. The third kappa shape index (κ3) is 3.83. The van der Waals surface area contributed by atoms with E-state index in [-0.39, 0.29) is 12.4 Å². The minimum absolute atomic E-state index is 0.0102. The number of hydrogen-bond acceptors (Lipinski definition) is 2. The Kier molecular flexibility index (Phi) is 5.23. The summed E-state index contributed by atoms with van der Waals surface area (Å²) in [7, 11) is 0. The maximum Gasteiger partial charge on any atom is 0.185 e. The molecule has 1 rings (SSSR count). The van der Waals surface area contributed by atoms with Gasteiger partial charge in [0.2, 0.25) is 0 Å². The van der Waals surface area contributed by atoms with E-state index in [0.29, 0.717) is 5.56 Å². The van der Waals surface area contributed by atoms with Gasteiger partial charge >= 0.3 is 0 Å². The predicted molar refractivity (Wildman–Crippen MR) is 65.5 cm³/mol. The summed E-state index contributed by atoms with van der Waals surface area (Å²) in [6, 6.07) is 7.60. The maximum absolute atomic E-state index is 11.6. The van der Waals surface area contributed by atoms with Crippen molar-refractivity contribution in [3.8, 4) is 0 Å². The van der Waals surface area contributed by atoms with Gasteiger partial charge in [-0.2, -0.15) is 0 Å². The third-order valence-corrected chi connectivity index (χ3v) is 2.25. The molecule has 0 bridgehead atoms. The molecule has 0 aliphatic rings. The predicted octanol–water partition coefficient (Wildman–Crippen LogP) is 2.54. The molecular weight excluding hydrogens is 200 g/mol. The zero-order valence-corrected chi connectivity index (χ0v) is 9.39. The van der Waals surface area contributed by atoms with Crippen molar-refractivity contribution in [1.82, 2.24) is 0 Å². The summed E-state index contributed by atoms with van der Waals surface area (Å²) in [5, 5.41) is 8.50. The monoisotopic (exact) mass is 216 g/mol. The summed E-state index contributed by atoms with van der Waals surface area (Å²) in [6.07, 6.45) is 7.32. The lowest BCUT2D eigenvalue weighted by molar-refractivity contribution is 0.104. The van der Waals surface area contributed by atoms with Crippen LogP contribution in [-0.2, 0) is 6.42 Å². The first kappa shape index (κ1) is 12.4. The fourth-order valence-electron chi connectivity index (χ4n) is 1.28. The molecule has 1 N–H and O–H groups in total. The molecule has 0 saturated carbocycles. The summed E-state index contributed by atoms with van der Waals surface area (Å²) in [5.74, 6) is -0.0229. The highest BCUT2D eigenvalue weighted by molar-refractivity contribution is 6.04. The Morgan fingerprint density at radius 3 is 2.50 bits per heavy atom. The zero-order chi connectivity index (χ0) is 11.8. The van der Waals surface area contributed by atoms with Gasteiger partial charge in [0.05, 0.1) is 6.61 Å². The summed E-state index contributed by atoms with van der Waals surface area (Å²) < 4.78 is 0. The number of aliphatic hydroxyl groups is 1. The van der Waals surface area contributed by atoms with Crippen LogP contribution in [0.2, 0.25) is 0 Å². The fourth-order valence-corrected chi connectivity index (χ4v) is 1.28. The second-order valence-corrected chi connectivity index (χ2v) is 3.38. The third-order valence-electron chi connectivity index (χ3n) is 2.25. The molecule has 0 unspecified atom stereocenters. The van der Waals surface area contributed by atoms with E-state index in [1.807, 2.05) is 24.3 Å². The van der Waals surface area contributed by atoms with Crippen LogP contribution in [-0.4, -0.2) is 17.5 Å². The van der Waals surface area contributed by atoms with Crippen LogP contribution in [0.3, 0.4) is 0 Å². The van der Waals surface area contributed by atoms with E-state index >= 15 is 0 Å². The van der Waals surface area contributed by atoms with Crippen LogP contribution in [0.25, 0.3) is 0 Å². The van der Waals surface area contributed by atoms with Crippen molar-refractivity contribution in [2.45, 2.75) is 13.3 Å².